The molecule has 0 radical (unpaired) electrons. The molecule has 0 unspecified atom stereocenters. The van der Waals surface area contributed by atoms with Crippen LogP contribution in [0, 0.1) is 0 Å². The van der Waals surface area contributed by atoms with E-state index >= 15 is 0 Å². The van der Waals surface area contributed by atoms with Gasteiger partial charge in [-0.05, 0) is 17.7 Å². The lowest BCUT2D eigenvalue weighted by molar-refractivity contribution is -0.136. The van der Waals surface area contributed by atoms with Crippen molar-refractivity contribution >= 4 is 29.1 Å². The summed E-state index contributed by atoms with van der Waals surface area (Å²) in [6, 6.07) is 5.07. The normalized spacial score (nSPS) is 14.9. The van der Waals surface area contributed by atoms with Gasteiger partial charge >= 0.3 is 0 Å². The zero-order chi connectivity index (χ0) is 14.5. The summed E-state index contributed by atoms with van der Waals surface area (Å²) in [5, 5.41) is 15.1. The summed E-state index contributed by atoms with van der Waals surface area (Å²) in [7, 11) is 0. The summed E-state index contributed by atoms with van der Waals surface area (Å²) >= 11 is 6.01. The van der Waals surface area contributed by atoms with Crippen molar-refractivity contribution in [3.8, 4) is 0 Å². The highest BCUT2D eigenvalue weighted by atomic mass is 35.5. The second-order valence-electron chi connectivity index (χ2n) is 4.49. The summed E-state index contributed by atoms with van der Waals surface area (Å²) in [4.78, 5) is 24.7. The average Bonchev–Trinajstić information content (AvgIpc) is 2.46. The number of nitrogens with one attached hydrogen (secondary N) is 2. The smallest absolute Gasteiger partial charge is 0.242 e. The largest absolute Gasteiger partial charge is 0.392 e. The first-order chi connectivity index (χ1) is 9.60. The number of halogens is 1. The van der Waals surface area contributed by atoms with Crippen LogP contribution in [0.5, 0.6) is 0 Å². The maximum atomic E-state index is 12.0. The molecule has 0 spiro atoms. The molecule has 1 saturated heterocycles. The Balaban J connectivity index is 1.94. The molecular weight excluding hydrogens is 282 g/mol. The number of nitrogens with zero attached hydrogens (tertiary/aromatic N) is 1. The lowest BCUT2D eigenvalue weighted by Crippen LogP contribution is -2.51. The highest BCUT2D eigenvalue weighted by molar-refractivity contribution is 6.33. The van der Waals surface area contributed by atoms with E-state index in [1.807, 2.05) is 0 Å². The molecule has 0 saturated carbocycles. The molecule has 1 aromatic rings. The molecule has 2 rings (SSSR count). The van der Waals surface area contributed by atoms with Crippen LogP contribution < -0.4 is 10.6 Å². The predicted octanol–water partition coefficient (Wildman–Crippen LogP) is 0.203. The Hall–Kier alpha value is -1.79. The van der Waals surface area contributed by atoms with Crippen LogP contribution in [-0.4, -0.2) is 48.0 Å². The first-order valence-corrected chi connectivity index (χ1v) is 6.65. The lowest BCUT2D eigenvalue weighted by Gasteiger charge is -2.26. The summed E-state index contributed by atoms with van der Waals surface area (Å²) in [5.74, 6) is -0.310. The molecule has 1 aliphatic heterocycles. The maximum absolute atomic E-state index is 12.0. The molecule has 0 bridgehead atoms. The molecule has 20 heavy (non-hydrogen) atoms. The van der Waals surface area contributed by atoms with Gasteiger partial charge in [0.1, 0.15) is 0 Å². The number of piperazine rings is 1. The Kier molecular flexibility index (Phi) is 4.81. The number of benzene rings is 1. The van der Waals surface area contributed by atoms with Crippen molar-refractivity contribution in [2.45, 2.75) is 6.61 Å². The van der Waals surface area contributed by atoms with Crippen LogP contribution in [0.3, 0.4) is 0 Å². The molecule has 0 atom stereocenters. The quantitative estimate of drug-likeness (QED) is 0.742. The minimum atomic E-state index is -0.162. The average molecular weight is 298 g/mol. The van der Waals surface area contributed by atoms with Gasteiger partial charge in [0.2, 0.25) is 11.8 Å². The maximum Gasteiger partial charge on any atom is 0.242 e. The molecule has 6 nitrogen and oxygen atoms in total. The van der Waals surface area contributed by atoms with Crippen molar-refractivity contribution in [3.63, 3.8) is 0 Å². The van der Waals surface area contributed by atoms with Gasteiger partial charge in [-0.2, -0.15) is 0 Å². The van der Waals surface area contributed by atoms with E-state index in [4.69, 9.17) is 16.7 Å². The molecule has 1 aliphatic rings. The fourth-order valence-electron chi connectivity index (χ4n) is 1.94. The third-order valence-electron chi connectivity index (χ3n) is 3.03. The third-order valence-corrected chi connectivity index (χ3v) is 3.36. The molecule has 1 aromatic carbocycles. The van der Waals surface area contributed by atoms with Gasteiger partial charge in [-0.3, -0.25) is 9.59 Å². The number of carbonyl (C=O) groups excluding carboxylic acids is 2. The van der Waals surface area contributed by atoms with E-state index in [1.165, 1.54) is 4.90 Å². The van der Waals surface area contributed by atoms with Crippen molar-refractivity contribution in [3.05, 3.63) is 28.8 Å². The van der Waals surface area contributed by atoms with Crippen LogP contribution in [-0.2, 0) is 16.2 Å². The summed E-state index contributed by atoms with van der Waals surface area (Å²) in [6.45, 7) is 1.04. The number of aliphatic hydroxyl groups is 1. The highest BCUT2D eigenvalue weighted by Gasteiger charge is 2.20. The molecule has 1 heterocycles. The lowest BCUT2D eigenvalue weighted by atomic mass is 10.2. The van der Waals surface area contributed by atoms with Crippen LogP contribution >= 0.6 is 11.6 Å². The first-order valence-electron chi connectivity index (χ1n) is 6.28. The Morgan fingerprint density at radius 2 is 2.30 bits per heavy atom. The Bertz CT molecular complexity index is 522. The van der Waals surface area contributed by atoms with Crippen molar-refractivity contribution in [2.24, 2.45) is 0 Å². The Labute approximate surface area is 121 Å². The van der Waals surface area contributed by atoms with E-state index in [0.29, 0.717) is 29.4 Å². The van der Waals surface area contributed by atoms with Crippen LogP contribution in [0.15, 0.2) is 18.2 Å². The number of hydrogen-bond acceptors (Lipinski definition) is 4. The van der Waals surface area contributed by atoms with Crippen LogP contribution in [0.25, 0.3) is 0 Å². The van der Waals surface area contributed by atoms with Crippen molar-refractivity contribution in [1.82, 2.24) is 10.2 Å². The zero-order valence-electron chi connectivity index (χ0n) is 10.9. The van der Waals surface area contributed by atoms with Gasteiger partial charge in [-0.15, -0.1) is 0 Å². The van der Waals surface area contributed by atoms with Gasteiger partial charge in [0.15, 0.2) is 0 Å². The molecule has 3 N–H and O–H groups in total. The van der Waals surface area contributed by atoms with E-state index < -0.39 is 0 Å². The molecule has 2 amide bonds. The Morgan fingerprint density at radius 3 is 3.00 bits per heavy atom. The minimum absolute atomic E-state index is 0.0574. The standard InChI is InChI=1S/C13H16ClN3O3/c14-10-2-1-9(8-18)5-11(10)16-6-13(20)17-4-3-15-12(19)7-17/h1-2,5,16,18H,3-4,6-8H2,(H,15,19). The highest BCUT2D eigenvalue weighted by Crippen LogP contribution is 2.22. The second-order valence-corrected chi connectivity index (χ2v) is 4.90. The monoisotopic (exact) mass is 297 g/mol. The van der Waals surface area contributed by atoms with Gasteiger partial charge in [0, 0.05) is 13.1 Å². The Morgan fingerprint density at radius 1 is 1.50 bits per heavy atom. The predicted molar refractivity (Wildman–Crippen MR) is 75.5 cm³/mol. The molecule has 0 aliphatic carbocycles. The molecule has 108 valence electrons. The van der Waals surface area contributed by atoms with Gasteiger partial charge in [-0.1, -0.05) is 17.7 Å². The van der Waals surface area contributed by atoms with E-state index in [9.17, 15) is 9.59 Å². The summed E-state index contributed by atoms with van der Waals surface area (Å²) < 4.78 is 0. The number of hydrogen-bond donors (Lipinski definition) is 3. The third kappa shape index (κ3) is 3.61. The molecule has 7 heteroatoms. The minimum Gasteiger partial charge on any atom is -0.392 e. The summed E-state index contributed by atoms with van der Waals surface area (Å²) in [5.41, 5.74) is 1.30. The van der Waals surface area contributed by atoms with Gasteiger partial charge in [-0.25, -0.2) is 0 Å². The number of rotatable bonds is 4. The molecule has 0 aromatic heterocycles. The van der Waals surface area contributed by atoms with E-state index in [0.717, 1.165) is 0 Å². The summed E-state index contributed by atoms with van der Waals surface area (Å²) in [6.07, 6.45) is 0. The van der Waals surface area contributed by atoms with E-state index in [2.05, 4.69) is 10.6 Å². The topological polar surface area (TPSA) is 81.7 Å². The van der Waals surface area contributed by atoms with Gasteiger partial charge in [0.05, 0.1) is 30.4 Å². The number of carbonyl (C=O) groups is 2. The fraction of sp³-hybridized carbons (Fsp3) is 0.385. The van der Waals surface area contributed by atoms with Crippen LogP contribution in [0.1, 0.15) is 5.56 Å². The van der Waals surface area contributed by atoms with E-state index in [1.54, 1.807) is 18.2 Å². The van der Waals surface area contributed by atoms with Crippen molar-refractivity contribution in [2.75, 3.05) is 31.5 Å². The SMILES string of the molecule is O=C1CN(C(=O)CNc2cc(CO)ccc2Cl)CCN1. The number of amides is 2. The fourth-order valence-corrected chi connectivity index (χ4v) is 2.12. The number of aliphatic hydroxyl groups excluding tert-OH is 1. The second kappa shape index (κ2) is 6.58. The van der Waals surface area contributed by atoms with E-state index in [-0.39, 0.29) is 31.5 Å². The van der Waals surface area contributed by atoms with Crippen molar-refractivity contribution < 1.29 is 14.7 Å². The van der Waals surface area contributed by atoms with Crippen LogP contribution in [0.4, 0.5) is 5.69 Å². The van der Waals surface area contributed by atoms with Crippen molar-refractivity contribution in [1.29, 1.82) is 0 Å². The number of anilines is 1. The van der Waals surface area contributed by atoms with Gasteiger partial charge in [0.25, 0.3) is 0 Å². The zero-order valence-corrected chi connectivity index (χ0v) is 11.6. The van der Waals surface area contributed by atoms with Gasteiger partial charge < -0.3 is 20.6 Å². The molecule has 1 fully saturated rings. The molecular formula is C13H16ClN3O3. The first kappa shape index (κ1) is 14.6. The van der Waals surface area contributed by atoms with Crippen LogP contribution in [0.2, 0.25) is 5.02 Å².